The van der Waals surface area contributed by atoms with Crippen LogP contribution in [0, 0.1) is 11.3 Å². The van der Waals surface area contributed by atoms with Crippen molar-refractivity contribution in [3.63, 3.8) is 0 Å². The molecular formula is C12H17Na3O7. The van der Waals surface area contributed by atoms with Crippen molar-refractivity contribution in [3.05, 3.63) is 0 Å². The molecule has 2 unspecified atom stereocenters. The first-order chi connectivity index (χ1) is 8.65. The molecule has 0 aliphatic heterocycles. The number of carbonyl (C=O) groups excluding carboxylic acids is 3. The third kappa shape index (κ3) is 5.44. The Balaban J connectivity index is -0.000000540. The zero-order valence-corrected chi connectivity index (χ0v) is 20.1. The SMILES string of the molecule is CCC(C(=O)[O-])C(O)(C(=O)[O-])C(CC)(CC)C(=O)[O-].[Na+].[Na+].[Na+]. The maximum Gasteiger partial charge on any atom is 1.00 e. The largest absolute Gasteiger partial charge is 1.00 e. The van der Waals surface area contributed by atoms with E-state index in [0.29, 0.717) is 0 Å². The topological polar surface area (TPSA) is 141 Å². The van der Waals surface area contributed by atoms with Crippen LogP contribution in [-0.4, -0.2) is 28.6 Å². The third-order valence-electron chi connectivity index (χ3n) is 3.84. The maximum atomic E-state index is 11.3. The molecule has 0 aliphatic rings. The zero-order chi connectivity index (χ0) is 15.4. The fourth-order valence-electron chi connectivity index (χ4n) is 2.54. The number of aliphatic carboxylic acids is 3. The number of carboxylic acids is 3. The number of hydrogen-bond donors (Lipinski definition) is 1. The first kappa shape index (κ1) is 31.2. The van der Waals surface area contributed by atoms with E-state index in [-0.39, 0.29) is 108 Å². The molecule has 0 aliphatic carbocycles. The Kier molecular flexibility index (Phi) is 18.0. The van der Waals surface area contributed by atoms with Crippen molar-refractivity contribution in [3.8, 4) is 0 Å². The van der Waals surface area contributed by atoms with E-state index in [9.17, 15) is 34.8 Å². The second-order valence-electron chi connectivity index (χ2n) is 4.41. The van der Waals surface area contributed by atoms with Crippen molar-refractivity contribution in [2.24, 2.45) is 11.3 Å². The molecule has 0 aromatic carbocycles. The zero-order valence-electron chi connectivity index (χ0n) is 14.1. The van der Waals surface area contributed by atoms with Crippen molar-refractivity contribution in [1.82, 2.24) is 0 Å². The summed E-state index contributed by atoms with van der Waals surface area (Å²) in [7, 11) is 0. The Morgan fingerprint density at radius 2 is 1.27 bits per heavy atom. The maximum absolute atomic E-state index is 11.3. The van der Waals surface area contributed by atoms with Gasteiger partial charge in [-0.3, -0.25) is 0 Å². The second-order valence-corrected chi connectivity index (χ2v) is 4.41. The fraction of sp³-hybridized carbons (Fsp3) is 0.750. The average molecular weight is 342 g/mol. The molecule has 0 spiro atoms. The van der Waals surface area contributed by atoms with Gasteiger partial charge in [0.05, 0.1) is 11.9 Å². The molecule has 0 bridgehead atoms. The Morgan fingerprint density at radius 3 is 1.41 bits per heavy atom. The van der Waals surface area contributed by atoms with E-state index in [0.717, 1.165) is 0 Å². The molecule has 22 heavy (non-hydrogen) atoms. The van der Waals surface area contributed by atoms with E-state index in [4.69, 9.17) is 0 Å². The molecular weight excluding hydrogens is 325 g/mol. The van der Waals surface area contributed by atoms with Crippen molar-refractivity contribution >= 4 is 17.9 Å². The Hall–Kier alpha value is 1.37. The van der Waals surface area contributed by atoms with Crippen molar-refractivity contribution in [2.75, 3.05) is 0 Å². The molecule has 2 atom stereocenters. The smallest absolute Gasteiger partial charge is 0.550 e. The van der Waals surface area contributed by atoms with Gasteiger partial charge in [0.15, 0.2) is 0 Å². The summed E-state index contributed by atoms with van der Waals surface area (Å²) in [5.74, 6) is -7.74. The predicted molar refractivity (Wildman–Crippen MR) is 56.8 cm³/mol. The Labute approximate surface area is 196 Å². The van der Waals surface area contributed by atoms with Crippen LogP contribution in [-0.2, 0) is 14.4 Å². The van der Waals surface area contributed by atoms with Crippen LogP contribution < -0.4 is 104 Å². The second kappa shape index (κ2) is 12.7. The van der Waals surface area contributed by atoms with E-state index in [1.807, 2.05) is 0 Å². The van der Waals surface area contributed by atoms with E-state index < -0.39 is 34.8 Å². The van der Waals surface area contributed by atoms with Gasteiger partial charge in [0.2, 0.25) is 0 Å². The van der Waals surface area contributed by atoms with Gasteiger partial charge < -0.3 is 34.8 Å². The predicted octanol–water partition coefficient (Wildman–Crippen LogP) is -12.2. The first-order valence-electron chi connectivity index (χ1n) is 6.01. The number of rotatable bonds is 8. The third-order valence-corrected chi connectivity index (χ3v) is 3.84. The molecule has 0 amide bonds. The van der Waals surface area contributed by atoms with Gasteiger partial charge in [-0.25, -0.2) is 0 Å². The molecule has 0 aromatic rings. The van der Waals surface area contributed by atoms with Crippen LogP contribution in [0.1, 0.15) is 40.0 Å². The summed E-state index contributed by atoms with van der Waals surface area (Å²) in [5, 5.41) is 43.9. The van der Waals surface area contributed by atoms with Gasteiger partial charge in [-0.05, 0) is 19.3 Å². The molecule has 0 fully saturated rings. The molecule has 10 heteroatoms. The standard InChI is InChI=1S/C12H20O7.3Na/c1-4-7(8(13)14)12(19,10(17)18)11(5-2,6-3)9(15)16;;;/h7,19H,4-6H2,1-3H3,(H,13,14)(H,15,16)(H,17,18);;;/q;3*+1/p-3. The number of carboxylic acid groups (broad SMARTS) is 3. The molecule has 0 heterocycles. The number of carbonyl (C=O) groups is 3. The van der Waals surface area contributed by atoms with Gasteiger partial charge in [-0.1, -0.05) is 20.8 Å². The van der Waals surface area contributed by atoms with Crippen LogP contribution in [0.2, 0.25) is 0 Å². The number of aliphatic hydroxyl groups is 1. The minimum Gasteiger partial charge on any atom is -0.550 e. The summed E-state index contributed by atoms with van der Waals surface area (Å²) in [5.41, 5.74) is -5.35. The summed E-state index contributed by atoms with van der Waals surface area (Å²) in [6.45, 7) is 3.96. The molecule has 0 saturated heterocycles. The van der Waals surface area contributed by atoms with Crippen molar-refractivity contribution in [1.29, 1.82) is 0 Å². The monoisotopic (exact) mass is 342 g/mol. The van der Waals surface area contributed by atoms with Gasteiger partial charge in [-0.2, -0.15) is 0 Å². The normalized spacial score (nSPS) is 14.2. The van der Waals surface area contributed by atoms with Crippen LogP contribution in [0.15, 0.2) is 0 Å². The summed E-state index contributed by atoms with van der Waals surface area (Å²) in [6, 6.07) is 0. The van der Waals surface area contributed by atoms with Crippen LogP contribution in [0.4, 0.5) is 0 Å². The van der Waals surface area contributed by atoms with Crippen LogP contribution in [0.25, 0.3) is 0 Å². The van der Waals surface area contributed by atoms with Crippen molar-refractivity contribution in [2.45, 2.75) is 45.6 Å². The Morgan fingerprint density at radius 1 is 0.909 bits per heavy atom. The van der Waals surface area contributed by atoms with Crippen LogP contribution in [0.3, 0.4) is 0 Å². The molecule has 1 N–H and O–H groups in total. The quantitative estimate of drug-likeness (QED) is 0.432. The van der Waals surface area contributed by atoms with Gasteiger partial charge in [0.1, 0.15) is 5.60 Å². The van der Waals surface area contributed by atoms with Gasteiger partial charge in [0.25, 0.3) is 0 Å². The summed E-state index contributed by atoms with van der Waals surface area (Å²) in [4.78, 5) is 33.6. The summed E-state index contributed by atoms with van der Waals surface area (Å²) < 4.78 is 0. The van der Waals surface area contributed by atoms with E-state index >= 15 is 0 Å². The molecule has 110 valence electrons. The van der Waals surface area contributed by atoms with Gasteiger partial charge >= 0.3 is 88.7 Å². The van der Waals surface area contributed by atoms with E-state index in [1.54, 1.807) is 0 Å². The summed E-state index contributed by atoms with van der Waals surface area (Å²) >= 11 is 0. The fourth-order valence-corrected chi connectivity index (χ4v) is 2.54. The molecule has 0 rings (SSSR count). The Bertz CT molecular complexity index is 385. The minimum absolute atomic E-state index is 0. The summed E-state index contributed by atoms with van der Waals surface area (Å²) in [6.07, 6.45) is -0.956. The van der Waals surface area contributed by atoms with E-state index in [1.165, 1.54) is 20.8 Å². The van der Waals surface area contributed by atoms with Crippen molar-refractivity contribution < 1.29 is 123 Å². The van der Waals surface area contributed by atoms with Gasteiger partial charge in [0, 0.05) is 17.3 Å². The first-order valence-corrected chi connectivity index (χ1v) is 6.01. The molecule has 0 saturated carbocycles. The average Bonchev–Trinajstić information content (AvgIpc) is 2.30. The molecule has 0 radical (unpaired) electrons. The van der Waals surface area contributed by atoms with Crippen LogP contribution in [0.5, 0.6) is 0 Å². The van der Waals surface area contributed by atoms with Crippen LogP contribution >= 0.6 is 0 Å². The molecule has 7 nitrogen and oxygen atoms in total. The minimum atomic E-state index is -3.09. The van der Waals surface area contributed by atoms with E-state index in [2.05, 4.69) is 0 Å². The molecule has 0 aromatic heterocycles. The number of hydrogen-bond acceptors (Lipinski definition) is 7. The van der Waals surface area contributed by atoms with Gasteiger partial charge in [-0.15, -0.1) is 0 Å².